The van der Waals surface area contributed by atoms with Crippen molar-refractivity contribution in [1.29, 1.82) is 0 Å². The van der Waals surface area contributed by atoms with Crippen molar-refractivity contribution in [3.8, 4) is 5.75 Å². The van der Waals surface area contributed by atoms with Crippen LogP contribution in [0.3, 0.4) is 0 Å². The SMILES string of the molecule is CC(C)Oc1ccc(C(=O)N[C@H](C)c2cc3ccccc3o2)cc1. The average molecular weight is 323 g/mol. The van der Waals surface area contributed by atoms with Crippen molar-refractivity contribution in [2.45, 2.75) is 32.9 Å². The van der Waals surface area contributed by atoms with Crippen LogP contribution in [0.2, 0.25) is 0 Å². The topological polar surface area (TPSA) is 51.5 Å². The minimum atomic E-state index is -0.212. The fourth-order valence-corrected chi connectivity index (χ4v) is 2.52. The van der Waals surface area contributed by atoms with E-state index in [2.05, 4.69) is 5.32 Å². The Bertz CT molecular complexity index is 800. The van der Waals surface area contributed by atoms with Crippen molar-refractivity contribution in [1.82, 2.24) is 5.32 Å². The van der Waals surface area contributed by atoms with E-state index in [1.54, 1.807) is 24.3 Å². The Kier molecular flexibility index (Phi) is 4.56. The van der Waals surface area contributed by atoms with E-state index >= 15 is 0 Å². The van der Waals surface area contributed by atoms with Gasteiger partial charge in [0.1, 0.15) is 17.1 Å². The summed E-state index contributed by atoms with van der Waals surface area (Å²) in [5.41, 5.74) is 1.41. The van der Waals surface area contributed by atoms with Gasteiger partial charge < -0.3 is 14.5 Å². The molecule has 0 saturated carbocycles. The highest BCUT2D eigenvalue weighted by molar-refractivity contribution is 5.94. The molecule has 1 N–H and O–H groups in total. The molecule has 0 saturated heterocycles. The average Bonchev–Trinajstić information content (AvgIpc) is 2.99. The molecule has 0 spiro atoms. The number of fused-ring (bicyclic) bond motifs is 1. The van der Waals surface area contributed by atoms with Gasteiger partial charge in [-0.05, 0) is 57.2 Å². The zero-order valence-corrected chi connectivity index (χ0v) is 14.1. The van der Waals surface area contributed by atoms with Crippen LogP contribution in [0, 0.1) is 0 Å². The minimum absolute atomic E-state index is 0.109. The molecule has 1 atom stereocenters. The van der Waals surface area contributed by atoms with Gasteiger partial charge in [0.25, 0.3) is 5.91 Å². The standard InChI is InChI=1S/C20H21NO3/c1-13(2)23-17-10-8-15(9-11-17)20(22)21-14(3)19-12-16-6-4-5-7-18(16)24-19/h4-14H,1-3H3,(H,21,22)/t14-/m1/s1. The van der Waals surface area contributed by atoms with Crippen LogP contribution in [0.5, 0.6) is 5.75 Å². The van der Waals surface area contributed by atoms with Crippen LogP contribution < -0.4 is 10.1 Å². The number of para-hydroxylation sites is 1. The summed E-state index contributed by atoms with van der Waals surface area (Å²) in [5.74, 6) is 1.36. The first-order valence-corrected chi connectivity index (χ1v) is 8.09. The highest BCUT2D eigenvalue weighted by Gasteiger charge is 2.15. The van der Waals surface area contributed by atoms with Gasteiger partial charge in [-0.3, -0.25) is 4.79 Å². The van der Waals surface area contributed by atoms with Crippen molar-refractivity contribution in [2.24, 2.45) is 0 Å². The number of carbonyl (C=O) groups is 1. The Hall–Kier alpha value is -2.75. The van der Waals surface area contributed by atoms with Crippen LogP contribution in [0.25, 0.3) is 11.0 Å². The summed E-state index contributed by atoms with van der Waals surface area (Å²) in [6, 6.07) is 16.7. The molecule has 124 valence electrons. The summed E-state index contributed by atoms with van der Waals surface area (Å²) in [6.07, 6.45) is 0.109. The number of ether oxygens (including phenoxy) is 1. The molecular weight excluding hydrogens is 302 g/mol. The second kappa shape index (κ2) is 6.79. The molecule has 1 heterocycles. The van der Waals surface area contributed by atoms with Gasteiger partial charge in [-0.1, -0.05) is 18.2 Å². The van der Waals surface area contributed by atoms with E-state index in [0.717, 1.165) is 22.5 Å². The van der Waals surface area contributed by atoms with Crippen LogP contribution in [-0.4, -0.2) is 12.0 Å². The molecule has 0 fully saturated rings. The Balaban J connectivity index is 1.69. The molecule has 0 aliphatic heterocycles. The van der Waals surface area contributed by atoms with Crippen LogP contribution in [-0.2, 0) is 0 Å². The second-order valence-electron chi connectivity index (χ2n) is 6.07. The largest absolute Gasteiger partial charge is 0.491 e. The second-order valence-corrected chi connectivity index (χ2v) is 6.07. The maximum absolute atomic E-state index is 12.4. The highest BCUT2D eigenvalue weighted by Crippen LogP contribution is 2.24. The first-order chi connectivity index (χ1) is 11.5. The van der Waals surface area contributed by atoms with Gasteiger partial charge in [-0.2, -0.15) is 0 Å². The van der Waals surface area contributed by atoms with Crippen LogP contribution >= 0.6 is 0 Å². The number of rotatable bonds is 5. The van der Waals surface area contributed by atoms with Crippen molar-refractivity contribution in [3.63, 3.8) is 0 Å². The lowest BCUT2D eigenvalue weighted by molar-refractivity contribution is 0.0935. The van der Waals surface area contributed by atoms with E-state index in [0.29, 0.717) is 5.56 Å². The van der Waals surface area contributed by atoms with E-state index in [1.165, 1.54) is 0 Å². The van der Waals surface area contributed by atoms with Gasteiger partial charge in [-0.15, -0.1) is 0 Å². The minimum Gasteiger partial charge on any atom is -0.491 e. The molecule has 0 aliphatic carbocycles. The smallest absolute Gasteiger partial charge is 0.251 e. The van der Waals surface area contributed by atoms with E-state index in [1.807, 2.05) is 51.1 Å². The molecule has 0 radical (unpaired) electrons. The summed E-state index contributed by atoms with van der Waals surface area (Å²) >= 11 is 0. The molecule has 2 aromatic carbocycles. The van der Waals surface area contributed by atoms with E-state index < -0.39 is 0 Å². The van der Waals surface area contributed by atoms with E-state index in [9.17, 15) is 4.79 Å². The lowest BCUT2D eigenvalue weighted by Gasteiger charge is -2.13. The molecule has 0 bridgehead atoms. The zero-order chi connectivity index (χ0) is 17.1. The summed E-state index contributed by atoms with van der Waals surface area (Å²) in [5, 5.41) is 3.99. The van der Waals surface area contributed by atoms with Gasteiger partial charge in [0, 0.05) is 10.9 Å². The van der Waals surface area contributed by atoms with Crippen LogP contribution in [0.15, 0.2) is 59.0 Å². The summed E-state index contributed by atoms with van der Waals surface area (Å²) < 4.78 is 11.4. The maximum Gasteiger partial charge on any atom is 0.251 e. The zero-order valence-electron chi connectivity index (χ0n) is 14.1. The number of hydrogen-bond donors (Lipinski definition) is 1. The number of hydrogen-bond acceptors (Lipinski definition) is 3. The Morgan fingerprint density at radius 2 is 1.75 bits per heavy atom. The van der Waals surface area contributed by atoms with Gasteiger partial charge in [-0.25, -0.2) is 0 Å². The summed E-state index contributed by atoms with van der Waals surface area (Å²) in [4.78, 5) is 12.4. The number of carbonyl (C=O) groups excluding carboxylic acids is 1. The number of nitrogens with one attached hydrogen (secondary N) is 1. The van der Waals surface area contributed by atoms with E-state index in [4.69, 9.17) is 9.15 Å². The van der Waals surface area contributed by atoms with Gasteiger partial charge in [0.15, 0.2) is 0 Å². The third kappa shape index (κ3) is 3.59. The fourth-order valence-electron chi connectivity index (χ4n) is 2.52. The maximum atomic E-state index is 12.4. The third-order valence-corrected chi connectivity index (χ3v) is 3.71. The molecule has 4 heteroatoms. The lowest BCUT2D eigenvalue weighted by Crippen LogP contribution is -2.26. The Labute approximate surface area is 141 Å². The summed E-state index contributed by atoms with van der Waals surface area (Å²) in [7, 11) is 0. The van der Waals surface area contributed by atoms with E-state index in [-0.39, 0.29) is 18.1 Å². The molecule has 3 aromatic rings. The van der Waals surface area contributed by atoms with Crippen LogP contribution in [0.4, 0.5) is 0 Å². The molecule has 1 amide bonds. The van der Waals surface area contributed by atoms with Gasteiger partial charge in [0.05, 0.1) is 12.1 Å². The quantitative estimate of drug-likeness (QED) is 0.739. The predicted octanol–water partition coefficient (Wildman–Crippen LogP) is 4.71. The van der Waals surface area contributed by atoms with Gasteiger partial charge >= 0.3 is 0 Å². The third-order valence-electron chi connectivity index (χ3n) is 3.71. The Morgan fingerprint density at radius 1 is 1.04 bits per heavy atom. The van der Waals surface area contributed by atoms with Crippen molar-refractivity contribution in [3.05, 3.63) is 65.9 Å². The molecule has 4 nitrogen and oxygen atoms in total. The number of benzene rings is 2. The Morgan fingerprint density at radius 3 is 2.42 bits per heavy atom. The van der Waals surface area contributed by atoms with Crippen molar-refractivity contribution in [2.75, 3.05) is 0 Å². The van der Waals surface area contributed by atoms with Crippen LogP contribution in [0.1, 0.15) is 42.9 Å². The predicted molar refractivity (Wildman–Crippen MR) is 94.3 cm³/mol. The van der Waals surface area contributed by atoms with Crippen molar-refractivity contribution < 1.29 is 13.9 Å². The van der Waals surface area contributed by atoms with Gasteiger partial charge in [0.2, 0.25) is 0 Å². The summed E-state index contributed by atoms with van der Waals surface area (Å²) in [6.45, 7) is 5.84. The number of amides is 1. The molecule has 1 aromatic heterocycles. The molecule has 3 rings (SSSR count). The first-order valence-electron chi connectivity index (χ1n) is 8.09. The molecular formula is C20H21NO3. The molecule has 0 unspecified atom stereocenters. The lowest BCUT2D eigenvalue weighted by atomic mass is 10.1. The molecule has 24 heavy (non-hydrogen) atoms. The normalized spacial score (nSPS) is 12.3. The highest BCUT2D eigenvalue weighted by atomic mass is 16.5. The fraction of sp³-hybridized carbons (Fsp3) is 0.250. The molecule has 0 aliphatic rings. The monoisotopic (exact) mass is 323 g/mol. The van der Waals surface area contributed by atoms with Crippen molar-refractivity contribution >= 4 is 16.9 Å². The number of furan rings is 1. The first kappa shape index (κ1) is 16.1.